The molecule has 18 unspecified atom stereocenters. The number of carboxylic acids is 1. The summed E-state index contributed by atoms with van der Waals surface area (Å²) in [6, 6.07) is 0. The number of aliphatic hydroxyl groups is 6. The Labute approximate surface area is 318 Å². The molecule has 2 heterocycles. The van der Waals surface area contributed by atoms with Gasteiger partial charge in [-0.25, -0.2) is 0 Å². The van der Waals surface area contributed by atoms with Crippen LogP contribution in [0.15, 0.2) is 23.8 Å². The molecule has 0 aromatic rings. The molecule has 12 nitrogen and oxygen atoms in total. The molecule has 0 aromatic carbocycles. The second kappa shape index (κ2) is 12.5. The molecule has 0 radical (unpaired) electrons. The third-order valence-corrected chi connectivity index (χ3v) is 18.1. The number of hydrogen-bond acceptors (Lipinski definition) is 10. The molecule has 12 heteroatoms. The van der Waals surface area contributed by atoms with E-state index < -0.39 is 64.4 Å². The highest BCUT2D eigenvalue weighted by Crippen LogP contribution is 2.81. The van der Waals surface area contributed by atoms with Crippen LogP contribution in [0.25, 0.3) is 0 Å². The van der Waals surface area contributed by atoms with Crippen molar-refractivity contribution in [3.63, 3.8) is 0 Å². The molecule has 1 amide bonds. The van der Waals surface area contributed by atoms with Gasteiger partial charge in [-0.2, -0.15) is 0 Å². The predicted molar refractivity (Wildman–Crippen MR) is 195 cm³/mol. The molecular formula is C42H63NO11. The number of fused-ring (bicyclic) bond motifs is 5. The van der Waals surface area contributed by atoms with Crippen LogP contribution in [0.1, 0.15) is 92.4 Å². The molecule has 302 valence electrons. The lowest BCUT2D eigenvalue weighted by Gasteiger charge is -2.78. The normalized spacial score (nSPS) is 56.2. The number of rotatable bonds is 7. The maximum absolute atomic E-state index is 13.3. The number of ether oxygens (including phenoxy) is 2. The molecule has 6 aliphatic carbocycles. The fourth-order valence-corrected chi connectivity index (χ4v) is 14.9. The lowest BCUT2D eigenvalue weighted by molar-refractivity contribution is -0.359. The van der Waals surface area contributed by atoms with Crippen LogP contribution in [0.5, 0.6) is 0 Å². The van der Waals surface area contributed by atoms with Gasteiger partial charge in [0, 0.05) is 30.4 Å². The van der Waals surface area contributed by atoms with Gasteiger partial charge < -0.3 is 50.5 Å². The van der Waals surface area contributed by atoms with Gasteiger partial charge in [0.2, 0.25) is 5.91 Å². The molecule has 0 spiro atoms. The summed E-state index contributed by atoms with van der Waals surface area (Å²) in [4.78, 5) is 25.9. The van der Waals surface area contributed by atoms with E-state index in [1.165, 1.54) is 5.57 Å². The van der Waals surface area contributed by atoms with Crippen molar-refractivity contribution in [2.75, 3.05) is 26.4 Å². The van der Waals surface area contributed by atoms with Crippen LogP contribution in [0.3, 0.4) is 0 Å². The number of carbonyl (C=O) groups excluding carboxylic acids is 1. The number of amides is 1. The Morgan fingerprint density at radius 1 is 0.981 bits per heavy atom. The number of aliphatic hydroxyl groups excluding tert-OH is 6. The third kappa shape index (κ3) is 4.83. The van der Waals surface area contributed by atoms with Crippen molar-refractivity contribution in [1.29, 1.82) is 0 Å². The number of aliphatic carboxylic acids is 1. The van der Waals surface area contributed by atoms with E-state index in [4.69, 9.17) is 9.47 Å². The summed E-state index contributed by atoms with van der Waals surface area (Å²) >= 11 is 0. The molecule has 2 aliphatic heterocycles. The van der Waals surface area contributed by atoms with E-state index in [0.717, 1.165) is 6.42 Å². The van der Waals surface area contributed by atoms with E-state index in [-0.39, 0.29) is 71.6 Å². The van der Waals surface area contributed by atoms with E-state index in [1.54, 1.807) is 0 Å². The lowest BCUT2D eigenvalue weighted by Crippen LogP contribution is -2.78. The first-order valence-corrected chi connectivity index (χ1v) is 20.4. The summed E-state index contributed by atoms with van der Waals surface area (Å²) in [6.07, 6.45) is 4.14. The van der Waals surface area contributed by atoms with Gasteiger partial charge >= 0.3 is 5.97 Å². The zero-order valence-corrected chi connectivity index (χ0v) is 32.5. The maximum atomic E-state index is 13.3. The van der Waals surface area contributed by atoms with Gasteiger partial charge in [-0.15, -0.1) is 0 Å². The summed E-state index contributed by atoms with van der Waals surface area (Å²) in [5.41, 5.74) is -3.34. The SMILES string of the molecule is CC1(CO)CCC2(C(=O)O)CCC3(C)C(=CCC4C3(C)CC3C=CC5(CC6CNC(=O)C6)C(O)C(OC6OCC(O)C(O)C6O)C(C)(CO)C3C45C)C2C1. The topological polar surface area (TPSA) is 206 Å². The highest BCUT2D eigenvalue weighted by Gasteiger charge is 2.79. The molecule has 8 aliphatic rings. The molecule has 0 aromatic heterocycles. The van der Waals surface area contributed by atoms with Crippen molar-refractivity contribution in [3.8, 4) is 0 Å². The van der Waals surface area contributed by atoms with Crippen LogP contribution < -0.4 is 5.32 Å². The number of carbonyl (C=O) groups is 2. The first-order chi connectivity index (χ1) is 25.3. The largest absolute Gasteiger partial charge is 0.481 e. The van der Waals surface area contributed by atoms with Crippen LogP contribution in [-0.2, 0) is 19.1 Å². The Kier molecular flexibility index (Phi) is 9.05. The summed E-state index contributed by atoms with van der Waals surface area (Å²) < 4.78 is 12.3. The molecule has 2 saturated heterocycles. The first kappa shape index (κ1) is 38.9. The summed E-state index contributed by atoms with van der Waals surface area (Å²) in [6.45, 7) is 11.0. The quantitative estimate of drug-likeness (QED) is 0.140. The van der Waals surface area contributed by atoms with Crippen molar-refractivity contribution in [2.45, 2.75) is 129 Å². The Bertz CT molecular complexity index is 1620. The molecule has 8 N–H and O–H groups in total. The Morgan fingerprint density at radius 2 is 1.70 bits per heavy atom. The minimum atomic E-state index is -1.58. The molecule has 18 atom stereocenters. The Balaban J connectivity index is 1.27. The van der Waals surface area contributed by atoms with Gasteiger partial charge in [0.05, 0.1) is 30.8 Å². The van der Waals surface area contributed by atoms with Gasteiger partial charge in [0.25, 0.3) is 0 Å². The first-order valence-electron chi connectivity index (χ1n) is 20.4. The second-order valence-electron chi connectivity index (χ2n) is 20.4. The van der Waals surface area contributed by atoms with E-state index in [2.05, 4.69) is 51.2 Å². The summed E-state index contributed by atoms with van der Waals surface area (Å²) in [5.74, 6) is -1.30. The number of nitrogens with one attached hydrogen (secondary N) is 1. The Hall–Kier alpha value is -1.90. The minimum Gasteiger partial charge on any atom is -0.481 e. The van der Waals surface area contributed by atoms with Crippen LogP contribution in [0, 0.1) is 67.5 Å². The molecule has 4 saturated carbocycles. The van der Waals surface area contributed by atoms with Gasteiger partial charge in [0.15, 0.2) is 6.29 Å². The van der Waals surface area contributed by atoms with Gasteiger partial charge in [-0.1, -0.05) is 58.4 Å². The average Bonchev–Trinajstić information content (AvgIpc) is 3.54. The molecule has 8 rings (SSSR count). The fourth-order valence-electron chi connectivity index (χ4n) is 14.9. The Morgan fingerprint density at radius 3 is 2.35 bits per heavy atom. The van der Waals surface area contributed by atoms with E-state index in [9.17, 15) is 45.3 Å². The van der Waals surface area contributed by atoms with Crippen LogP contribution in [0.4, 0.5) is 0 Å². The van der Waals surface area contributed by atoms with E-state index in [0.29, 0.717) is 57.9 Å². The average molecular weight is 758 g/mol. The zero-order chi connectivity index (χ0) is 39.0. The molecule has 54 heavy (non-hydrogen) atoms. The number of hydrogen-bond donors (Lipinski definition) is 8. The summed E-state index contributed by atoms with van der Waals surface area (Å²) in [7, 11) is 0. The van der Waals surface area contributed by atoms with Crippen molar-refractivity contribution >= 4 is 11.9 Å². The molecular weight excluding hydrogens is 694 g/mol. The zero-order valence-electron chi connectivity index (χ0n) is 32.5. The van der Waals surface area contributed by atoms with E-state index in [1.807, 2.05) is 6.92 Å². The van der Waals surface area contributed by atoms with Crippen molar-refractivity contribution in [1.82, 2.24) is 5.32 Å². The van der Waals surface area contributed by atoms with Crippen molar-refractivity contribution in [3.05, 3.63) is 23.8 Å². The number of allylic oxidation sites excluding steroid dienone is 3. The molecule has 4 bridgehead atoms. The van der Waals surface area contributed by atoms with Gasteiger partial charge in [-0.3, -0.25) is 9.59 Å². The predicted octanol–water partition coefficient (Wildman–Crippen LogP) is 2.53. The molecule has 6 fully saturated rings. The number of carboxylic acid groups (broad SMARTS) is 1. The van der Waals surface area contributed by atoms with Gasteiger partial charge in [-0.05, 0) is 103 Å². The van der Waals surface area contributed by atoms with Crippen molar-refractivity contribution in [2.24, 2.45) is 67.5 Å². The monoisotopic (exact) mass is 757 g/mol. The van der Waals surface area contributed by atoms with E-state index >= 15 is 0 Å². The van der Waals surface area contributed by atoms with Crippen molar-refractivity contribution < 1.29 is 54.8 Å². The second-order valence-corrected chi connectivity index (χ2v) is 20.4. The van der Waals surface area contributed by atoms with Crippen LogP contribution in [-0.4, -0.2) is 111 Å². The van der Waals surface area contributed by atoms with Crippen LogP contribution in [0.2, 0.25) is 0 Å². The smallest absolute Gasteiger partial charge is 0.310 e. The highest BCUT2D eigenvalue weighted by molar-refractivity contribution is 5.78. The maximum Gasteiger partial charge on any atom is 0.310 e. The third-order valence-electron chi connectivity index (χ3n) is 18.1. The fraction of sp³-hybridized carbons (Fsp3) is 0.857. The minimum absolute atomic E-state index is 0.00452. The standard InChI is InChI=1S/C42H63NO11/c1-36(20-44)10-12-41(35(51)52)13-11-38(3)24(25(41)17-36)6-7-27-39(38,4)16-23-8-9-42(15-22-14-28(47)43-18-22)32(50)33(37(2,21-45)31(23)40(27,42)5)54-34-30(49)29(48)26(46)19-53-34/h6,8-9,22-23,25-27,29-34,44-46,48-50H,7,10-21H2,1-5H3,(H,43,47)(H,51,52). The lowest BCUT2D eigenvalue weighted by atomic mass is 9.26. The van der Waals surface area contributed by atoms with Crippen LogP contribution >= 0.6 is 0 Å². The highest BCUT2D eigenvalue weighted by atomic mass is 16.7. The van der Waals surface area contributed by atoms with Gasteiger partial charge in [0.1, 0.15) is 18.3 Å². The summed E-state index contributed by atoms with van der Waals surface area (Å²) in [5, 5.41) is 80.8.